The van der Waals surface area contributed by atoms with Gasteiger partial charge in [-0.05, 0) is 12.0 Å². The Balaban J connectivity index is 1.30. The number of hydrogen-bond acceptors (Lipinski definition) is 4. The highest BCUT2D eigenvalue weighted by atomic mass is 16.5. The minimum absolute atomic E-state index is 0.0479. The van der Waals surface area contributed by atoms with Crippen LogP contribution in [0, 0.1) is 5.92 Å². The van der Waals surface area contributed by atoms with E-state index >= 15 is 0 Å². The lowest BCUT2D eigenvalue weighted by molar-refractivity contribution is 0.0727. The minimum atomic E-state index is 0.0479. The van der Waals surface area contributed by atoms with Crippen LogP contribution in [0.3, 0.4) is 0 Å². The van der Waals surface area contributed by atoms with Crippen molar-refractivity contribution in [1.82, 2.24) is 20.4 Å². The summed E-state index contributed by atoms with van der Waals surface area (Å²) >= 11 is 0. The molecule has 25 heavy (non-hydrogen) atoms. The first kappa shape index (κ1) is 16.3. The maximum atomic E-state index is 12.8. The first-order valence-corrected chi connectivity index (χ1v) is 8.99. The van der Waals surface area contributed by atoms with Crippen LogP contribution < -0.4 is 5.32 Å². The molecule has 0 spiro atoms. The second-order valence-corrected chi connectivity index (χ2v) is 6.86. The van der Waals surface area contributed by atoms with Gasteiger partial charge in [0.2, 0.25) is 0 Å². The van der Waals surface area contributed by atoms with Gasteiger partial charge in [-0.3, -0.25) is 9.89 Å². The number of aromatic amines is 1. The highest BCUT2D eigenvalue weighted by Crippen LogP contribution is 2.22. The van der Waals surface area contributed by atoms with Crippen molar-refractivity contribution < 1.29 is 9.53 Å². The molecule has 1 aromatic carbocycles. The third-order valence-corrected chi connectivity index (χ3v) is 5.05. The molecule has 132 valence electrons. The molecule has 0 aliphatic carbocycles. The fourth-order valence-corrected chi connectivity index (χ4v) is 3.62. The number of amides is 1. The lowest BCUT2D eigenvalue weighted by Gasteiger charge is -2.18. The largest absolute Gasteiger partial charge is 0.376 e. The molecular weight excluding hydrogens is 316 g/mol. The van der Waals surface area contributed by atoms with E-state index in [0.717, 1.165) is 50.3 Å². The van der Waals surface area contributed by atoms with Gasteiger partial charge in [-0.25, -0.2) is 0 Å². The summed E-state index contributed by atoms with van der Waals surface area (Å²) in [5.74, 6) is 0.451. The molecule has 0 unspecified atom stereocenters. The molecule has 6 heteroatoms. The summed E-state index contributed by atoms with van der Waals surface area (Å²) in [5.41, 5.74) is 3.92. The molecule has 2 N–H and O–H groups in total. The van der Waals surface area contributed by atoms with E-state index in [1.807, 2.05) is 23.1 Å². The third-order valence-electron chi connectivity index (χ3n) is 5.05. The smallest absolute Gasteiger partial charge is 0.274 e. The molecule has 4 rings (SSSR count). The molecular formula is C19H24N4O2. The molecule has 2 aliphatic rings. The van der Waals surface area contributed by atoms with E-state index in [-0.39, 0.29) is 5.91 Å². The van der Waals surface area contributed by atoms with Gasteiger partial charge in [-0.15, -0.1) is 0 Å². The van der Waals surface area contributed by atoms with Gasteiger partial charge in [0.25, 0.3) is 5.91 Å². The van der Waals surface area contributed by atoms with Crippen LogP contribution in [0.1, 0.15) is 33.7 Å². The number of aromatic nitrogens is 2. The van der Waals surface area contributed by atoms with Crippen LogP contribution in [0.2, 0.25) is 0 Å². The van der Waals surface area contributed by atoms with E-state index in [9.17, 15) is 4.79 Å². The van der Waals surface area contributed by atoms with E-state index in [4.69, 9.17) is 4.74 Å². The molecule has 2 aliphatic heterocycles. The number of benzene rings is 1. The molecule has 1 aromatic heterocycles. The van der Waals surface area contributed by atoms with Gasteiger partial charge in [0.15, 0.2) is 5.69 Å². The molecule has 6 nitrogen and oxygen atoms in total. The Bertz CT molecular complexity index is 728. The fraction of sp³-hybridized carbons (Fsp3) is 0.474. The van der Waals surface area contributed by atoms with Crippen molar-refractivity contribution in [3.8, 4) is 0 Å². The van der Waals surface area contributed by atoms with Crippen molar-refractivity contribution >= 4 is 5.91 Å². The summed E-state index contributed by atoms with van der Waals surface area (Å²) in [6.45, 7) is 4.52. The van der Waals surface area contributed by atoms with Gasteiger partial charge in [-0.1, -0.05) is 30.3 Å². The summed E-state index contributed by atoms with van der Waals surface area (Å²) in [4.78, 5) is 14.7. The molecule has 3 heterocycles. The number of nitrogens with zero attached hydrogens (tertiary/aromatic N) is 2. The van der Waals surface area contributed by atoms with Crippen molar-refractivity contribution in [2.24, 2.45) is 5.92 Å². The average molecular weight is 340 g/mol. The first-order valence-electron chi connectivity index (χ1n) is 8.99. The Hall–Kier alpha value is -2.18. The van der Waals surface area contributed by atoms with Crippen molar-refractivity contribution in [3.63, 3.8) is 0 Å². The van der Waals surface area contributed by atoms with Gasteiger partial charge < -0.3 is 15.0 Å². The maximum absolute atomic E-state index is 12.8. The van der Waals surface area contributed by atoms with Gasteiger partial charge >= 0.3 is 0 Å². The van der Waals surface area contributed by atoms with Crippen molar-refractivity contribution in [1.29, 1.82) is 0 Å². The number of H-pyrrole nitrogens is 1. The number of rotatable bonds is 5. The van der Waals surface area contributed by atoms with E-state index in [1.165, 1.54) is 5.56 Å². The van der Waals surface area contributed by atoms with Crippen molar-refractivity contribution in [2.75, 3.05) is 26.2 Å². The van der Waals surface area contributed by atoms with E-state index < -0.39 is 0 Å². The normalized spacial score (nSPS) is 19.8. The molecule has 2 aromatic rings. The highest BCUT2D eigenvalue weighted by Gasteiger charge is 2.31. The van der Waals surface area contributed by atoms with Gasteiger partial charge in [0.05, 0.1) is 13.2 Å². The zero-order valence-electron chi connectivity index (χ0n) is 14.3. The Morgan fingerprint density at radius 2 is 2.20 bits per heavy atom. The molecule has 1 atom stereocenters. The number of likely N-dealkylation sites (tertiary alicyclic amines) is 1. The summed E-state index contributed by atoms with van der Waals surface area (Å²) in [5, 5.41) is 10.6. The summed E-state index contributed by atoms with van der Waals surface area (Å²) in [6, 6.07) is 10.2. The summed E-state index contributed by atoms with van der Waals surface area (Å²) in [6.07, 6.45) is 1.90. The summed E-state index contributed by atoms with van der Waals surface area (Å²) in [7, 11) is 0. The van der Waals surface area contributed by atoms with Crippen LogP contribution in [0.25, 0.3) is 0 Å². The van der Waals surface area contributed by atoms with Crippen LogP contribution in [-0.2, 0) is 24.3 Å². The highest BCUT2D eigenvalue weighted by molar-refractivity contribution is 5.94. The second-order valence-electron chi connectivity index (χ2n) is 6.86. The lowest BCUT2D eigenvalue weighted by Crippen LogP contribution is -2.32. The predicted octanol–water partition coefficient (Wildman–Crippen LogP) is 1.73. The monoisotopic (exact) mass is 340 g/mol. The fourth-order valence-electron chi connectivity index (χ4n) is 3.62. The molecule has 1 amide bonds. The molecule has 1 fully saturated rings. The Kier molecular flexibility index (Phi) is 4.81. The van der Waals surface area contributed by atoms with Gasteiger partial charge in [0, 0.05) is 49.8 Å². The summed E-state index contributed by atoms with van der Waals surface area (Å²) < 4.78 is 5.84. The first-order chi connectivity index (χ1) is 12.3. The van der Waals surface area contributed by atoms with Crippen molar-refractivity contribution in [3.05, 3.63) is 52.8 Å². The molecule has 0 bridgehead atoms. The predicted molar refractivity (Wildman–Crippen MR) is 94.1 cm³/mol. The molecule has 1 saturated heterocycles. The molecule has 0 radical (unpaired) electrons. The molecule has 0 saturated carbocycles. The minimum Gasteiger partial charge on any atom is -0.376 e. The number of nitrogens with one attached hydrogen (secondary N) is 2. The number of carbonyl (C=O) groups excluding carboxylic acids is 1. The standard InChI is InChI=1S/C19H24N4O2/c24-19(18-16-10-20-8-6-17(16)21-22-18)23-9-7-15(11-23)13-25-12-14-4-2-1-3-5-14/h1-5,15,20H,6-13H2,(H,21,22)/t15-/m0/s1. The second kappa shape index (κ2) is 7.37. The number of carbonyl (C=O) groups is 1. The quantitative estimate of drug-likeness (QED) is 0.870. The topological polar surface area (TPSA) is 70.2 Å². The zero-order valence-corrected chi connectivity index (χ0v) is 14.3. The van der Waals surface area contributed by atoms with Crippen LogP contribution in [0.4, 0.5) is 0 Å². The average Bonchev–Trinajstić information content (AvgIpc) is 3.29. The van der Waals surface area contributed by atoms with Gasteiger partial charge in [-0.2, -0.15) is 5.10 Å². The Morgan fingerprint density at radius 1 is 1.32 bits per heavy atom. The van der Waals surface area contributed by atoms with Gasteiger partial charge in [0.1, 0.15) is 0 Å². The Morgan fingerprint density at radius 3 is 3.08 bits per heavy atom. The van der Waals surface area contributed by atoms with E-state index in [2.05, 4.69) is 27.6 Å². The number of ether oxygens (including phenoxy) is 1. The van der Waals surface area contributed by atoms with Crippen LogP contribution in [0.5, 0.6) is 0 Å². The SMILES string of the molecule is O=C(c1n[nH]c2c1CNCC2)N1CC[C@H](COCc2ccccc2)C1. The van der Waals surface area contributed by atoms with E-state index in [1.54, 1.807) is 0 Å². The van der Waals surface area contributed by atoms with Crippen molar-refractivity contribution in [2.45, 2.75) is 26.0 Å². The third kappa shape index (κ3) is 3.60. The van der Waals surface area contributed by atoms with Crippen LogP contribution >= 0.6 is 0 Å². The lowest BCUT2D eigenvalue weighted by atomic mass is 10.1. The number of hydrogen-bond donors (Lipinski definition) is 2. The van der Waals surface area contributed by atoms with Crippen LogP contribution in [0.15, 0.2) is 30.3 Å². The van der Waals surface area contributed by atoms with E-state index in [0.29, 0.717) is 24.8 Å². The maximum Gasteiger partial charge on any atom is 0.274 e. The Labute approximate surface area is 147 Å². The van der Waals surface area contributed by atoms with Crippen LogP contribution in [-0.4, -0.2) is 47.2 Å². The zero-order chi connectivity index (χ0) is 17.1. The number of fused-ring (bicyclic) bond motifs is 1.